The number of hydrogen-bond donors (Lipinski definition) is 2. The lowest BCUT2D eigenvalue weighted by Gasteiger charge is -2.12. The summed E-state index contributed by atoms with van der Waals surface area (Å²) in [6.07, 6.45) is 4.36. The smallest absolute Gasteiger partial charge is 0.335 e. The van der Waals surface area contributed by atoms with Crippen molar-refractivity contribution in [2.75, 3.05) is 45.0 Å². The number of amides is 1. The number of hydrogen-bond acceptors (Lipinski definition) is 8. The molecule has 2 N–H and O–H groups in total. The highest BCUT2D eigenvalue weighted by atomic mass is 16.5. The molecule has 1 amide bonds. The molecule has 0 radical (unpaired) electrons. The summed E-state index contributed by atoms with van der Waals surface area (Å²) in [4.78, 5) is 38.5. The Morgan fingerprint density at radius 3 is 1.98 bits per heavy atom. The molecule has 3 heterocycles. The number of pyridine rings is 1. The van der Waals surface area contributed by atoms with Crippen LogP contribution in [0.2, 0.25) is 0 Å². The van der Waals surface area contributed by atoms with Crippen LogP contribution in [0.3, 0.4) is 0 Å². The molecule has 1 aromatic heterocycles. The van der Waals surface area contributed by atoms with Crippen LogP contribution in [-0.2, 0) is 9.47 Å². The van der Waals surface area contributed by atoms with Gasteiger partial charge in [-0.3, -0.25) is 14.6 Å². The first-order valence-electron chi connectivity index (χ1n) is 14.9. The number of benzene rings is 3. The number of rotatable bonds is 10. The summed E-state index contributed by atoms with van der Waals surface area (Å²) < 4.78 is 21.9. The molecular weight excluding hydrogens is 576 g/mol. The van der Waals surface area contributed by atoms with Gasteiger partial charge in [0.15, 0.2) is 6.29 Å². The number of carboxylic acid groups (broad SMARTS) is 1. The third-order valence-electron chi connectivity index (χ3n) is 7.75. The van der Waals surface area contributed by atoms with Crippen molar-refractivity contribution in [1.82, 2.24) is 4.98 Å². The fraction of sp³-hybridized carbons (Fsp3) is 0.314. The highest BCUT2D eigenvalue weighted by Gasteiger charge is 2.17. The topological polar surface area (TPSA) is 133 Å². The standard InChI is InChI=1S/C23H22N2O4.C12H14O4/c1-15-21(7-4-19-10-17(12-26)11-24-22(15)19)25-23(27)18-2-5-20(6-3-18)29-14-16-8-9-28-13-16;13-12(14)10-1-3-11(4-2-10)16-8-9-5-6-15-7-9/h2-7,10-12,16H,8-9,13-14H2,1H3,(H,25,27);1-4,9H,5-8H2,(H,13,14). The lowest BCUT2D eigenvalue weighted by atomic mass is 10.1. The minimum Gasteiger partial charge on any atom is -0.493 e. The first-order chi connectivity index (χ1) is 21.9. The molecule has 2 unspecified atom stereocenters. The fourth-order valence-electron chi connectivity index (χ4n) is 5.01. The Kier molecular flexibility index (Phi) is 10.7. The number of aldehydes is 1. The van der Waals surface area contributed by atoms with E-state index < -0.39 is 5.97 Å². The predicted octanol–water partition coefficient (Wildman–Crippen LogP) is 5.82. The summed E-state index contributed by atoms with van der Waals surface area (Å²) in [5.41, 5.74) is 3.65. The molecule has 10 heteroatoms. The maximum absolute atomic E-state index is 12.6. The largest absolute Gasteiger partial charge is 0.493 e. The minimum absolute atomic E-state index is 0.201. The molecule has 10 nitrogen and oxygen atoms in total. The van der Waals surface area contributed by atoms with Crippen molar-refractivity contribution in [3.05, 3.63) is 95.2 Å². The van der Waals surface area contributed by atoms with E-state index in [-0.39, 0.29) is 11.5 Å². The molecule has 45 heavy (non-hydrogen) atoms. The van der Waals surface area contributed by atoms with Crippen LogP contribution in [-0.4, -0.2) is 67.9 Å². The number of anilines is 1. The summed E-state index contributed by atoms with van der Waals surface area (Å²) >= 11 is 0. The lowest BCUT2D eigenvalue weighted by molar-refractivity contribution is 0.0696. The Bertz CT molecular complexity index is 1610. The number of aromatic carboxylic acids is 1. The van der Waals surface area contributed by atoms with Crippen molar-refractivity contribution in [3.63, 3.8) is 0 Å². The monoisotopic (exact) mass is 612 g/mol. The van der Waals surface area contributed by atoms with Gasteiger partial charge in [-0.1, -0.05) is 6.07 Å². The van der Waals surface area contributed by atoms with E-state index in [1.807, 2.05) is 19.1 Å². The molecule has 2 aliphatic heterocycles. The van der Waals surface area contributed by atoms with E-state index >= 15 is 0 Å². The fourth-order valence-corrected chi connectivity index (χ4v) is 5.01. The van der Waals surface area contributed by atoms with Gasteiger partial charge >= 0.3 is 5.97 Å². The molecule has 3 aromatic carbocycles. The summed E-state index contributed by atoms with van der Waals surface area (Å²) in [6.45, 7) is 6.27. The van der Waals surface area contributed by atoms with E-state index in [9.17, 15) is 14.4 Å². The van der Waals surface area contributed by atoms with E-state index in [1.165, 1.54) is 6.20 Å². The number of carbonyl (C=O) groups excluding carboxylic acids is 2. The van der Waals surface area contributed by atoms with Crippen molar-refractivity contribution in [3.8, 4) is 11.5 Å². The predicted molar refractivity (Wildman–Crippen MR) is 169 cm³/mol. The molecule has 6 rings (SSSR count). The average Bonchev–Trinajstić information content (AvgIpc) is 3.80. The van der Waals surface area contributed by atoms with Crippen LogP contribution in [0.5, 0.6) is 11.5 Å². The van der Waals surface area contributed by atoms with E-state index in [2.05, 4.69) is 10.3 Å². The maximum Gasteiger partial charge on any atom is 0.335 e. The second kappa shape index (κ2) is 15.3. The van der Waals surface area contributed by atoms with Gasteiger partial charge in [-0.05, 0) is 86.0 Å². The number of ether oxygens (including phenoxy) is 4. The van der Waals surface area contributed by atoms with Gasteiger partial charge in [0.05, 0.1) is 37.5 Å². The zero-order valence-corrected chi connectivity index (χ0v) is 25.1. The molecule has 0 spiro atoms. The van der Waals surface area contributed by atoms with E-state index in [0.29, 0.717) is 47.6 Å². The van der Waals surface area contributed by atoms with Crippen LogP contribution in [0.15, 0.2) is 72.9 Å². The number of aryl methyl sites for hydroxylation is 1. The zero-order chi connectivity index (χ0) is 31.6. The quantitative estimate of drug-likeness (QED) is 0.212. The number of carbonyl (C=O) groups is 3. The van der Waals surface area contributed by atoms with E-state index in [0.717, 1.165) is 67.8 Å². The van der Waals surface area contributed by atoms with Gasteiger partial charge in [-0.15, -0.1) is 0 Å². The molecular formula is C35H36N2O8. The molecule has 0 bridgehead atoms. The lowest BCUT2D eigenvalue weighted by Crippen LogP contribution is -2.13. The summed E-state index contributed by atoms with van der Waals surface area (Å²) in [5, 5.41) is 12.5. The first-order valence-corrected chi connectivity index (χ1v) is 14.9. The number of nitrogens with zero attached hydrogens (tertiary/aromatic N) is 1. The van der Waals surface area contributed by atoms with Crippen LogP contribution >= 0.6 is 0 Å². The summed E-state index contributed by atoms with van der Waals surface area (Å²) in [7, 11) is 0. The Morgan fingerprint density at radius 1 is 0.889 bits per heavy atom. The van der Waals surface area contributed by atoms with Crippen molar-refractivity contribution in [2.45, 2.75) is 19.8 Å². The normalized spacial score (nSPS) is 17.3. The molecule has 2 atom stereocenters. The third kappa shape index (κ3) is 8.65. The number of nitrogens with one attached hydrogen (secondary N) is 1. The minimum atomic E-state index is -0.921. The van der Waals surface area contributed by atoms with E-state index in [1.54, 1.807) is 54.6 Å². The van der Waals surface area contributed by atoms with Gasteiger partial charge in [-0.2, -0.15) is 0 Å². The van der Waals surface area contributed by atoms with Crippen molar-refractivity contribution >= 4 is 34.8 Å². The van der Waals surface area contributed by atoms with E-state index in [4.69, 9.17) is 24.1 Å². The van der Waals surface area contributed by atoms with Gasteiger partial charge < -0.3 is 29.4 Å². The summed E-state index contributed by atoms with van der Waals surface area (Å²) in [6, 6.07) is 19.0. The second-order valence-corrected chi connectivity index (χ2v) is 11.1. The molecule has 2 aliphatic rings. The van der Waals surface area contributed by atoms with Crippen LogP contribution in [0.4, 0.5) is 5.69 Å². The molecule has 0 saturated carbocycles. The van der Waals surface area contributed by atoms with Crippen molar-refractivity contribution in [2.24, 2.45) is 11.8 Å². The molecule has 2 saturated heterocycles. The molecule has 0 aliphatic carbocycles. The first kappa shape index (κ1) is 31.6. The molecule has 234 valence electrons. The Morgan fingerprint density at radius 2 is 1.47 bits per heavy atom. The Hall–Kier alpha value is -4.80. The molecule has 4 aromatic rings. The van der Waals surface area contributed by atoms with Crippen molar-refractivity contribution in [1.29, 1.82) is 0 Å². The van der Waals surface area contributed by atoms with Crippen LogP contribution in [0.1, 0.15) is 49.5 Å². The van der Waals surface area contributed by atoms with Crippen LogP contribution in [0, 0.1) is 18.8 Å². The maximum atomic E-state index is 12.6. The zero-order valence-electron chi connectivity index (χ0n) is 25.1. The van der Waals surface area contributed by atoms with Crippen LogP contribution in [0.25, 0.3) is 10.9 Å². The third-order valence-corrected chi connectivity index (χ3v) is 7.75. The summed E-state index contributed by atoms with van der Waals surface area (Å²) in [5.74, 6) is 1.22. The van der Waals surface area contributed by atoms with Gasteiger partial charge in [0, 0.05) is 53.4 Å². The number of carboxylic acids is 1. The average molecular weight is 613 g/mol. The van der Waals surface area contributed by atoms with Gasteiger partial charge in [0.2, 0.25) is 0 Å². The SMILES string of the molecule is Cc1c(NC(=O)c2ccc(OCC3CCOC3)cc2)ccc2cc(C=O)cnc12.O=C(O)c1ccc(OCC2CCOC2)cc1. The molecule has 2 fully saturated rings. The van der Waals surface area contributed by atoms with Gasteiger partial charge in [0.1, 0.15) is 11.5 Å². The van der Waals surface area contributed by atoms with Gasteiger partial charge in [0.25, 0.3) is 5.91 Å². The van der Waals surface area contributed by atoms with Crippen LogP contribution < -0.4 is 14.8 Å². The van der Waals surface area contributed by atoms with Crippen molar-refractivity contribution < 1.29 is 38.4 Å². The second-order valence-electron chi connectivity index (χ2n) is 11.1. The van der Waals surface area contributed by atoms with Gasteiger partial charge in [-0.25, -0.2) is 4.79 Å². The number of fused-ring (bicyclic) bond motifs is 1. The Labute approximate surface area is 261 Å². The highest BCUT2D eigenvalue weighted by Crippen LogP contribution is 2.25. The number of aromatic nitrogens is 1. The highest BCUT2D eigenvalue weighted by molar-refractivity contribution is 6.06. The Balaban J connectivity index is 0.000000211.